The van der Waals surface area contributed by atoms with Gasteiger partial charge in [0.25, 0.3) is 0 Å². The number of rotatable bonds is 5. The molecule has 2 fully saturated rings. The van der Waals surface area contributed by atoms with Gasteiger partial charge in [-0.1, -0.05) is 6.92 Å². The Hall–Kier alpha value is -0.610. The summed E-state index contributed by atoms with van der Waals surface area (Å²) in [5.74, 6) is 0.739. The predicted octanol–water partition coefficient (Wildman–Crippen LogP) is 1.83. The van der Waals surface area contributed by atoms with Crippen molar-refractivity contribution in [2.24, 2.45) is 5.92 Å². The monoisotopic (exact) mass is 255 g/mol. The Morgan fingerprint density at radius 2 is 1.89 bits per heavy atom. The highest BCUT2D eigenvalue weighted by molar-refractivity contribution is 5.71. The molecular weight excluding hydrogens is 230 g/mol. The third-order valence-corrected chi connectivity index (χ3v) is 3.91. The van der Waals surface area contributed by atoms with Crippen molar-refractivity contribution in [3.05, 3.63) is 0 Å². The van der Waals surface area contributed by atoms with Crippen LogP contribution >= 0.6 is 0 Å². The van der Waals surface area contributed by atoms with Gasteiger partial charge in [0.2, 0.25) is 0 Å². The van der Waals surface area contributed by atoms with E-state index < -0.39 is 0 Å². The third kappa shape index (κ3) is 3.95. The summed E-state index contributed by atoms with van der Waals surface area (Å²) < 4.78 is 11.0. The van der Waals surface area contributed by atoms with Crippen LogP contribution in [-0.2, 0) is 14.3 Å². The zero-order valence-electron chi connectivity index (χ0n) is 11.6. The molecule has 0 aromatic carbocycles. The number of esters is 1. The van der Waals surface area contributed by atoms with Crippen molar-refractivity contribution in [2.45, 2.75) is 51.7 Å². The summed E-state index contributed by atoms with van der Waals surface area (Å²) in [6.07, 6.45) is 5.45. The number of likely N-dealkylation sites (tertiary alicyclic amines) is 1. The lowest BCUT2D eigenvalue weighted by molar-refractivity contribution is -0.145. The molecule has 1 aliphatic carbocycles. The molecule has 18 heavy (non-hydrogen) atoms. The summed E-state index contributed by atoms with van der Waals surface area (Å²) in [6, 6.07) is 0. The minimum Gasteiger partial charge on any atom is -0.465 e. The van der Waals surface area contributed by atoms with Gasteiger partial charge in [0.1, 0.15) is 0 Å². The van der Waals surface area contributed by atoms with E-state index in [0.717, 1.165) is 31.8 Å². The maximum absolute atomic E-state index is 11.4. The fraction of sp³-hybridized carbons (Fsp3) is 0.929. The van der Waals surface area contributed by atoms with Crippen LogP contribution in [0.15, 0.2) is 0 Å². The first kappa shape index (κ1) is 13.8. The first-order valence-electron chi connectivity index (χ1n) is 7.20. The van der Waals surface area contributed by atoms with Crippen molar-refractivity contribution in [2.75, 3.05) is 26.2 Å². The second kappa shape index (κ2) is 6.53. The van der Waals surface area contributed by atoms with Crippen LogP contribution < -0.4 is 0 Å². The van der Waals surface area contributed by atoms with Crippen LogP contribution in [0.1, 0.15) is 39.5 Å². The molecule has 2 aliphatic rings. The van der Waals surface area contributed by atoms with E-state index in [0.29, 0.717) is 25.4 Å². The molecule has 1 heterocycles. The van der Waals surface area contributed by atoms with Gasteiger partial charge in [0.05, 0.1) is 25.4 Å². The molecule has 0 aromatic rings. The second-order valence-electron chi connectivity index (χ2n) is 5.62. The van der Waals surface area contributed by atoms with Crippen LogP contribution in [-0.4, -0.2) is 49.3 Å². The van der Waals surface area contributed by atoms with E-state index in [4.69, 9.17) is 9.47 Å². The molecule has 4 nitrogen and oxygen atoms in total. The summed E-state index contributed by atoms with van der Waals surface area (Å²) in [5.41, 5.74) is 0. The Bertz CT molecular complexity index is 268. The Labute approximate surface area is 110 Å². The van der Waals surface area contributed by atoms with Crippen molar-refractivity contribution in [1.82, 2.24) is 4.90 Å². The number of nitrogens with zero attached hydrogens (tertiary/aromatic N) is 1. The average molecular weight is 255 g/mol. The van der Waals surface area contributed by atoms with Crippen LogP contribution in [0.4, 0.5) is 0 Å². The predicted molar refractivity (Wildman–Crippen MR) is 69.4 cm³/mol. The maximum atomic E-state index is 11.4. The molecule has 104 valence electrons. The molecule has 2 rings (SSSR count). The molecule has 4 heteroatoms. The molecule has 0 spiro atoms. The minimum absolute atomic E-state index is 0.107. The minimum atomic E-state index is -0.107. The molecule has 0 bridgehead atoms. The summed E-state index contributed by atoms with van der Waals surface area (Å²) in [4.78, 5) is 13.5. The molecule has 0 unspecified atom stereocenters. The number of piperidine rings is 1. The number of hydrogen-bond donors (Lipinski definition) is 0. The molecule has 0 aromatic heterocycles. The lowest BCUT2D eigenvalue weighted by Gasteiger charge is -2.38. The first-order chi connectivity index (χ1) is 8.67. The van der Waals surface area contributed by atoms with Crippen molar-refractivity contribution >= 4 is 5.97 Å². The molecule has 0 atom stereocenters. The highest BCUT2D eigenvalue weighted by Gasteiger charge is 2.30. The Morgan fingerprint density at radius 3 is 2.44 bits per heavy atom. The Morgan fingerprint density at radius 1 is 1.22 bits per heavy atom. The van der Waals surface area contributed by atoms with Crippen LogP contribution in [0, 0.1) is 5.92 Å². The second-order valence-corrected chi connectivity index (χ2v) is 5.62. The number of hydrogen-bond acceptors (Lipinski definition) is 4. The van der Waals surface area contributed by atoms with Gasteiger partial charge in [0, 0.05) is 13.1 Å². The first-order valence-corrected chi connectivity index (χ1v) is 7.20. The van der Waals surface area contributed by atoms with Gasteiger partial charge in [0.15, 0.2) is 0 Å². The van der Waals surface area contributed by atoms with E-state index in [2.05, 4.69) is 11.8 Å². The van der Waals surface area contributed by atoms with E-state index in [-0.39, 0.29) is 5.97 Å². The summed E-state index contributed by atoms with van der Waals surface area (Å²) in [5, 5.41) is 0. The summed E-state index contributed by atoms with van der Waals surface area (Å²) >= 11 is 0. The smallest absolute Gasteiger partial charge is 0.320 e. The van der Waals surface area contributed by atoms with Gasteiger partial charge in [-0.15, -0.1) is 0 Å². The average Bonchev–Trinajstić information content (AvgIpc) is 2.30. The van der Waals surface area contributed by atoms with Gasteiger partial charge in [-0.25, -0.2) is 0 Å². The van der Waals surface area contributed by atoms with Crippen molar-refractivity contribution in [3.63, 3.8) is 0 Å². The largest absolute Gasteiger partial charge is 0.465 e. The van der Waals surface area contributed by atoms with Crippen LogP contribution in [0.2, 0.25) is 0 Å². The molecule has 0 amide bonds. The molecule has 0 radical (unpaired) electrons. The van der Waals surface area contributed by atoms with E-state index in [1.54, 1.807) is 0 Å². The molecule has 1 saturated heterocycles. The fourth-order valence-corrected chi connectivity index (χ4v) is 2.80. The highest BCUT2D eigenvalue weighted by Crippen LogP contribution is 2.31. The van der Waals surface area contributed by atoms with E-state index in [9.17, 15) is 4.79 Å². The summed E-state index contributed by atoms with van der Waals surface area (Å²) in [7, 11) is 0. The van der Waals surface area contributed by atoms with Gasteiger partial charge < -0.3 is 9.47 Å². The zero-order valence-corrected chi connectivity index (χ0v) is 11.6. The molecular formula is C14H25NO3. The van der Waals surface area contributed by atoms with Crippen LogP contribution in [0.5, 0.6) is 0 Å². The van der Waals surface area contributed by atoms with E-state index in [1.807, 2.05) is 6.92 Å². The maximum Gasteiger partial charge on any atom is 0.320 e. The zero-order chi connectivity index (χ0) is 13.0. The van der Waals surface area contributed by atoms with Crippen LogP contribution in [0.3, 0.4) is 0 Å². The molecule has 0 N–H and O–H groups in total. The Kier molecular flexibility index (Phi) is 5.01. The fourth-order valence-electron chi connectivity index (χ4n) is 2.80. The molecule has 1 saturated carbocycles. The van der Waals surface area contributed by atoms with Crippen LogP contribution in [0.25, 0.3) is 0 Å². The lowest BCUT2D eigenvalue weighted by atomic mass is 9.84. The SMILES string of the molecule is CCOC(=O)CN1CCC(OC2CC(C)C2)CC1. The van der Waals surface area contributed by atoms with Gasteiger partial charge in [-0.05, 0) is 38.5 Å². The number of ether oxygens (including phenoxy) is 2. The number of carbonyl (C=O) groups excluding carboxylic acids is 1. The number of carbonyl (C=O) groups is 1. The van der Waals surface area contributed by atoms with Crippen molar-refractivity contribution in [3.8, 4) is 0 Å². The van der Waals surface area contributed by atoms with Crippen molar-refractivity contribution in [1.29, 1.82) is 0 Å². The Balaban J connectivity index is 1.60. The van der Waals surface area contributed by atoms with Crippen molar-refractivity contribution < 1.29 is 14.3 Å². The topological polar surface area (TPSA) is 38.8 Å². The standard InChI is InChI=1S/C14H25NO3/c1-3-17-14(16)10-15-6-4-12(5-7-15)18-13-8-11(2)9-13/h11-13H,3-10H2,1-2H3. The van der Waals surface area contributed by atoms with Gasteiger partial charge in [-0.3, -0.25) is 9.69 Å². The lowest BCUT2D eigenvalue weighted by Crippen LogP contribution is -2.42. The molecule has 1 aliphatic heterocycles. The highest BCUT2D eigenvalue weighted by atomic mass is 16.5. The normalized spacial score (nSPS) is 29.9. The third-order valence-electron chi connectivity index (χ3n) is 3.91. The summed E-state index contributed by atoms with van der Waals surface area (Å²) in [6.45, 7) is 6.93. The van der Waals surface area contributed by atoms with E-state index >= 15 is 0 Å². The van der Waals surface area contributed by atoms with E-state index in [1.165, 1.54) is 12.8 Å². The van der Waals surface area contributed by atoms with Gasteiger partial charge >= 0.3 is 5.97 Å². The quantitative estimate of drug-likeness (QED) is 0.703. The van der Waals surface area contributed by atoms with Gasteiger partial charge in [-0.2, -0.15) is 0 Å².